The van der Waals surface area contributed by atoms with Crippen LogP contribution in [0.4, 0.5) is 18.9 Å². The molecule has 9 heteroatoms. The number of hydrogen-bond donors (Lipinski definition) is 1. The van der Waals surface area contributed by atoms with Crippen molar-refractivity contribution in [1.29, 1.82) is 0 Å². The zero-order valence-corrected chi connectivity index (χ0v) is 13.0. The molecule has 134 valence electrons. The van der Waals surface area contributed by atoms with E-state index in [1.54, 1.807) is 0 Å². The van der Waals surface area contributed by atoms with Crippen LogP contribution in [0.25, 0.3) is 0 Å². The maximum absolute atomic E-state index is 12.2. The molecule has 1 aliphatic rings. The molecule has 1 fully saturated rings. The molecule has 1 aromatic heterocycles. The fourth-order valence-corrected chi connectivity index (χ4v) is 2.46. The average molecular weight is 356 g/mol. The van der Waals surface area contributed by atoms with Gasteiger partial charge in [0, 0.05) is 24.8 Å². The van der Waals surface area contributed by atoms with Crippen LogP contribution in [0.5, 0.6) is 5.75 Å². The van der Waals surface area contributed by atoms with E-state index in [2.05, 4.69) is 15.0 Å². The van der Waals surface area contributed by atoms with Crippen molar-refractivity contribution < 1.29 is 31.9 Å². The highest BCUT2D eigenvalue weighted by Crippen LogP contribution is 2.27. The molecule has 0 spiro atoms. The van der Waals surface area contributed by atoms with Gasteiger partial charge in [0.2, 0.25) is 0 Å². The van der Waals surface area contributed by atoms with Crippen LogP contribution in [0.15, 0.2) is 34.9 Å². The van der Waals surface area contributed by atoms with E-state index in [0.717, 1.165) is 25.0 Å². The zero-order valence-electron chi connectivity index (χ0n) is 13.0. The predicted molar refractivity (Wildman–Crippen MR) is 80.4 cm³/mol. The number of rotatable bonds is 4. The first kappa shape index (κ1) is 17.3. The van der Waals surface area contributed by atoms with E-state index in [-0.39, 0.29) is 17.4 Å². The first-order valence-electron chi connectivity index (χ1n) is 7.61. The molecule has 0 bridgehead atoms. The summed E-state index contributed by atoms with van der Waals surface area (Å²) in [6, 6.07) is 4.83. The second kappa shape index (κ2) is 7.14. The van der Waals surface area contributed by atoms with Crippen molar-refractivity contribution in [3.63, 3.8) is 0 Å². The highest BCUT2D eigenvalue weighted by molar-refractivity contribution is 6.02. The lowest BCUT2D eigenvalue weighted by atomic mass is 10.0. The van der Waals surface area contributed by atoms with Gasteiger partial charge in [0.05, 0.1) is 0 Å². The first-order valence-corrected chi connectivity index (χ1v) is 7.61. The third-order valence-corrected chi connectivity index (χ3v) is 3.67. The number of nitrogens with one attached hydrogen (secondary N) is 1. The fraction of sp³-hybridized carbons (Fsp3) is 0.375. The number of carbonyl (C=O) groups excluding carboxylic acids is 1. The molecule has 1 aromatic carbocycles. The Kier molecular flexibility index (Phi) is 4.93. The Labute approximate surface area is 140 Å². The van der Waals surface area contributed by atoms with E-state index in [9.17, 15) is 18.0 Å². The third kappa shape index (κ3) is 4.72. The molecule has 0 atom stereocenters. The van der Waals surface area contributed by atoms with E-state index < -0.39 is 12.3 Å². The number of carbonyl (C=O) groups is 1. The molecule has 2 heterocycles. The standard InChI is InChI=1S/C16H15F3N2O4/c17-16(18,19)25-12-3-1-11(2-4-12)20-14(22)13-9-24-15(21-13)10-5-7-23-8-6-10/h1-4,9-10H,5-8H2,(H,20,22). The van der Waals surface area contributed by atoms with Gasteiger partial charge in [-0.3, -0.25) is 4.79 Å². The van der Waals surface area contributed by atoms with Crippen molar-refractivity contribution >= 4 is 11.6 Å². The maximum atomic E-state index is 12.2. The number of nitrogens with zero attached hydrogens (tertiary/aromatic N) is 1. The van der Waals surface area contributed by atoms with Crippen molar-refractivity contribution in [3.05, 3.63) is 42.1 Å². The lowest BCUT2D eigenvalue weighted by Crippen LogP contribution is -2.17. The quantitative estimate of drug-likeness (QED) is 0.904. The van der Waals surface area contributed by atoms with Crippen LogP contribution in [-0.2, 0) is 4.74 Å². The highest BCUT2D eigenvalue weighted by Gasteiger charge is 2.31. The molecule has 0 radical (unpaired) electrons. The fourth-order valence-electron chi connectivity index (χ4n) is 2.46. The number of anilines is 1. The summed E-state index contributed by atoms with van der Waals surface area (Å²) in [6.07, 6.45) is -1.93. The normalized spacial score (nSPS) is 15.8. The van der Waals surface area contributed by atoms with Gasteiger partial charge in [0.15, 0.2) is 11.6 Å². The molecular weight excluding hydrogens is 341 g/mol. The van der Waals surface area contributed by atoms with Gasteiger partial charge in [-0.15, -0.1) is 13.2 Å². The molecule has 0 aliphatic carbocycles. The molecule has 0 saturated carbocycles. The van der Waals surface area contributed by atoms with E-state index >= 15 is 0 Å². The number of hydrogen-bond acceptors (Lipinski definition) is 5. The van der Waals surface area contributed by atoms with Gasteiger partial charge in [0.25, 0.3) is 5.91 Å². The van der Waals surface area contributed by atoms with Gasteiger partial charge in [-0.25, -0.2) is 4.98 Å². The highest BCUT2D eigenvalue weighted by atomic mass is 19.4. The molecule has 1 N–H and O–H groups in total. The number of benzene rings is 1. The first-order chi connectivity index (χ1) is 11.9. The van der Waals surface area contributed by atoms with Gasteiger partial charge in [-0.05, 0) is 37.1 Å². The van der Waals surface area contributed by atoms with Gasteiger partial charge < -0.3 is 19.2 Å². The number of aromatic nitrogens is 1. The molecule has 25 heavy (non-hydrogen) atoms. The SMILES string of the molecule is O=C(Nc1ccc(OC(F)(F)F)cc1)c1coc(C2CCOCC2)n1. The molecular formula is C16H15F3N2O4. The predicted octanol–water partition coefficient (Wildman–Crippen LogP) is 3.72. The molecule has 1 amide bonds. The van der Waals surface area contributed by atoms with Crippen LogP contribution in [0, 0.1) is 0 Å². The van der Waals surface area contributed by atoms with Crippen molar-refractivity contribution in [1.82, 2.24) is 4.98 Å². The van der Waals surface area contributed by atoms with Crippen molar-refractivity contribution in [3.8, 4) is 5.75 Å². The Bertz CT molecular complexity index is 722. The van der Waals surface area contributed by atoms with Crippen molar-refractivity contribution in [2.75, 3.05) is 18.5 Å². The molecule has 0 unspecified atom stereocenters. The second-order valence-corrected chi connectivity index (χ2v) is 5.48. The molecule has 1 aliphatic heterocycles. The van der Waals surface area contributed by atoms with E-state index in [1.165, 1.54) is 18.4 Å². The van der Waals surface area contributed by atoms with E-state index in [0.29, 0.717) is 24.8 Å². The van der Waals surface area contributed by atoms with Crippen LogP contribution >= 0.6 is 0 Å². The summed E-state index contributed by atoms with van der Waals surface area (Å²) in [4.78, 5) is 16.3. The summed E-state index contributed by atoms with van der Waals surface area (Å²) in [6.45, 7) is 1.25. The van der Waals surface area contributed by atoms with Crippen LogP contribution in [0.1, 0.15) is 35.1 Å². The van der Waals surface area contributed by atoms with Crippen molar-refractivity contribution in [2.24, 2.45) is 0 Å². The van der Waals surface area contributed by atoms with Gasteiger partial charge >= 0.3 is 6.36 Å². The summed E-state index contributed by atoms with van der Waals surface area (Å²) in [5.74, 6) is -0.267. The van der Waals surface area contributed by atoms with Crippen molar-refractivity contribution in [2.45, 2.75) is 25.1 Å². The zero-order chi connectivity index (χ0) is 17.9. The Morgan fingerprint density at radius 2 is 1.88 bits per heavy atom. The maximum Gasteiger partial charge on any atom is 0.573 e. The van der Waals surface area contributed by atoms with Crippen LogP contribution in [0.3, 0.4) is 0 Å². The topological polar surface area (TPSA) is 73.6 Å². The number of amides is 1. The number of oxazole rings is 1. The smallest absolute Gasteiger partial charge is 0.448 e. The minimum absolute atomic E-state index is 0.108. The summed E-state index contributed by atoms with van der Waals surface area (Å²) in [7, 11) is 0. The largest absolute Gasteiger partial charge is 0.573 e. The number of ether oxygens (including phenoxy) is 2. The number of halogens is 3. The third-order valence-electron chi connectivity index (χ3n) is 3.67. The minimum Gasteiger partial charge on any atom is -0.448 e. The van der Waals surface area contributed by atoms with Crippen LogP contribution in [-0.4, -0.2) is 30.5 Å². The monoisotopic (exact) mass is 356 g/mol. The Balaban J connectivity index is 1.61. The number of alkyl halides is 3. The Morgan fingerprint density at radius 1 is 1.20 bits per heavy atom. The van der Waals surface area contributed by atoms with Crippen LogP contribution < -0.4 is 10.1 Å². The lowest BCUT2D eigenvalue weighted by molar-refractivity contribution is -0.274. The van der Waals surface area contributed by atoms with Gasteiger partial charge in [-0.1, -0.05) is 0 Å². The van der Waals surface area contributed by atoms with E-state index in [1.807, 2.05) is 0 Å². The lowest BCUT2D eigenvalue weighted by Gasteiger charge is -2.18. The van der Waals surface area contributed by atoms with Crippen LogP contribution in [0.2, 0.25) is 0 Å². The summed E-state index contributed by atoms with van der Waals surface area (Å²) in [5.41, 5.74) is 0.423. The molecule has 1 saturated heterocycles. The Hall–Kier alpha value is -2.55. The minimum atomic E-state index is -4.76. The summed E-state index contributed by atoms with van der Waals surface area (Å²) >= 11 is 0. The van der Waals surface area contributed by atoms with Gasteiger partial charge in [0.1, 0.15) is 12.0 Å². The molecule has 2 aromatic rings. The second-order valence-electron chi connectivity index (χ2n) is 5.48. The summed E-state index contributed by atoms with van der Waals surface area (Å²) in [5, 5.41) is 2.54. The Morgan fingerprint density at radius 3 is 2.52 bits per heavy atom. The molecule has 6 nitrogen and oxygen atoms in total. The van der Waals surface area contributed by atoms with Gasteiger partial charge in [-0.2, -0.15) is 0 Å². The van der Waals surface area contributed by atoms with E-state index in [4.69, 9.17) is 9.15 Å². The summed E-state index contributed by atoms with van der Waals surface area (Å²) < 4.78 is 50.7. The average Bonchev–Trinajstić information content (AvgIpc) is 3.06. The molecule has 3 rings (SSSR count).